The zero-order chi connectivity index (χ0) is 51.2. The molecule has 4 aliphatic rings. The summed E-state index contributed by atoms with van der Waals surface area (Å²) in [6.45, 7) is 11.6. The van der Waals surface area contributed by atoms with Crippen LogP contribution >= 0.6 is 34.8 Å². The van der Waals surface area contributed by atoms with Crippen molar-refractivity contribution < 1.29 is 81.7 Å². The van der Waals surface area contributed by atoms with Crippen molar-refractivity contribution in [2.75, 3.05) is 13.2 Å². The lowest BCUT2D eigenvalue weighted by Gasteiger charge is -2.67. The topological polar surface area (TPSA) is 246 Å². The molecule has 0 aromatic heterocycles. The van der Waals surface area contributed by atoms with Crippen LogP contribution in [0.1, 0.15) is 97.1 Å². The molecule has 21 heteroatoms. The van der Waals surface area contributed by atoms with E-state index in [1.165, 1.54) is 39.8 Å². The lowest BCUT2D eigenvalue weighted by molar-refractivity contribution is -0.346. The number of ketones is 1. The van der Waals surface area contributed by atoms with Crippen molar-refractivity contribution in [3.05, 3.63) is 82.9 Å². The van der Waals surface area contributed by atoms with Gasteiger partial charge in [-0.1, -0.05) is 97.2 Å². The zero-order valence-electron chi connectivity index (χ0n) is 39.4. The number of aliphatic hydroxyl groups excluding tert-OH is 1. The fraction of sp³-hybridized carbons (Fsp3) is 0.562. The monoisotopic (exact) mass is 1020 g/mol. The van der Waals surface area contributed by atoms with Gasteiger partial charge in [0.2, 0.25) is 3.79 Å². The predicted molar refractivity (Wildman–Crippen MR) is 244 cm³/mol. The number of esters is 4. The Morgan fingerprint density at radius 1 is 0.884 bits per heavy atom. The molecule has 2 saturated carbocycles. The minimum absolute atomic E-state index is 0.00748. The predicted octanol–water partition coefficient (Wildman–Crippen LogP) is 6.36. The van der Waals surface area contributed by atoms with Crippen molar-refractivity contribution in [2.45, 2.75) is 138 Å². The number of Topliss-reactive ketones (excluding diaryl/α,β-unsaturated/α-hetero) is 1. The molecule has 376 valence electrons. The molecule has 69 heavy (non-hydrogen) atoms. The third-order valence-corrected chi connectivity index (χ3v) is 13.7. The average molecular weight is 1030 g/mol. The highest BCUT2D eigenvalue weighted by Gasteiger charge is 2.79. The van der Waals surface area contributed by atoms with E-state index < -0.39 is 142 Å². The summed E-state index contributed by atoms with van der Waals surface area (Å²) in [5, 5.41) is 28.2. The molecule has 0 radical (unpaired) electrons. The van der Waals surface area contributed by atoms with Gasteiger partial charge in [-0.15, -0.1) is 0 Å². The standard InChI is InChI=1S/C48H56Cl3NO17/c1-24-29(65-40(58)34(55)33(27-16-12-10-13-17-27)52-41(59)69-43(4,5)6)21-47(61)38(67-39(57)28-18-14-11-15-19-28)36-45(9,37(56)35(64-25(2)53)32(24)44(47,7)8)30(66-42(60)63-23-48(49,50)51)20-31-46(36,22-62-31)68-26(3)54/h10-19,29-31,33-36,38,55,61H,20-23H2,1-9H3,(H,52,59)/t29-,30-,31+,33+,34-,35+,36-,38-,45+,46-,47+/m0/s1. The Balaban J connectivity index is 1.58. The number of ether oxygens (including phenoxy) is 8. The first-order valence-corrected chi connectivity index (χ1v) is 23.2. The number of alkyl carbamates (subject to hydrolysis) is 1. The van der Waals surface area contributed by atoms with Crippen LogP contribution in [0.2, 0.25) is 0 Å². The molecule has 18 nitrogen and oxygen atoms in total. The van der Waals surface area contributed by atoms with E-state index in [2.05, 4.69) is 5.32 Å². The highest BCUT2D eigenvalue weighted by Crippen LogP contribution is 2.65. The number of benzene rings is 2. The minimum atomic E-state index is -2.54. The number of carbonyl (C=O) groups is 7. The Kier molecular flexibility index (Phi) is 15.2. The second-order valence-electron chi connectivity index (χ2n) is 19.4. The molecule has 3 fully saturated rings. The highest BCUT2D eigenvalue weighted by atomic mass is 35.6. The van der Waals surface area contributed by atoms with Crippen LogP contribution in [0.15, 0.2) is 71.8 Å². The number of nitrogens with one attached hydrogen (secondary N) is 1. The first-order valence-electron chi connectivity index (χ1n) is 22.0. The van der Waals surface area contributed by atoms with E-state index in [1.54, 1.807) is 69.3 Å². The number of halogens is 3. The van der Waals surface area contributed by atoms with E-state index in [-0.39, 0.29) is 28.7 Å². The van der Waals surface area contributed by atoms with Crippen LogP contribution in [0, 0.1) is 16.7 Å². The van der Waals surface area contributed by atoms with Gasteiger partial charge in [-0.3, -0.25) is 14.4 Å². The fourth-order valence-electron chi connectivity index (χ4n) is 10.2. The smallest absolute Gasteiger partial charge is 0.456 e. The van der Waals surface area contributed by atoms with Gasteiger partial charge in [0.25, 0.3) is 0 Å². The maximum absolute atomic E-state index is 16.0. The molecule has 3 N–H and O–H groups in total. The van der Waals surface area contributed by atoms with Crippen LogP contribution in [-0.2, 0) is 57.1 Å². The molecular formula is C48H56Cl3NO17. The molecule has 1 heterocycles. The summed E-state index contributed by atoms with van der Waals surface area (Å²) in [5.74, 6) is -6.91. The second-order valence-corrected chi connectivity index (χ2v) is 21.9. The zero-order valence-corrected chi connectivity index (χ0v) is 41.6. The second kappa shape index (κ2) is 19.7. The molecule has 1 saturated heterocycles. The van der Waals surface area contributed by atoms with Gasteiger partial charge in [0.05, 0.1) is 29.5 Å². The number of fused-ring (bicyclic) bond motifs is 5. The molecule has 2 bridgehead atoms. The lowest BCUT2D eigenvalue weighted by atomic mass is 9.44. The van der Waals surface area contributed by atoms with Crippen molar-refractivity contribution in [1.82, 2.24) is 5.32 Å². The Morgan fingerprint density at radius 2 is 1.49 bits per heavy atom. The van der Waals surface area contributed by atoms with Crippen LogP contribution in [0.4, 0.5) is 9.59 Å². The Morgan fingerprint density at radius 3 is 2.03 bits per heavy atom. The summed E-state index contributed by atoms with van der Waals surface area (Å²) in [6, 6.07) is 14.2. The van der Waals surface area contributed by atoms with E-state index >= 15 is 4.79 Å². The first-order chi connectivity index (χ1) is 32.0. The molecule has 3 aliphatic carbocycles. The third kappa shape index (κ3) is 10.6. The number of rotatable bonds is 11. The van der Waals surface area contributed by atoms with Crippen LogP contribution in [0.5, 0.6) is 0 Å². The molecule has 0 spiro atoms. The van der Waals surface area contributed by atoms with Gasteiger partial charge in [-0.2, -0.15) is 0 Å². The van der Waals surface area contributed by atoms with Gasteiger partial charge in [-0.25, -0.2) is 19.2 Å². The van der Waals surface area contributed by atoms with Gasteiger partial charge in [0, 0.05) is 32.1 Å². The summed E-state index contributed by atoms with van der Waals surface area (Å²) in [7, 11) is 0. The number of carbonyl (C=O) groups excluding carboxylic acids is 7. The number of aliphatic hydroxyl groups is 2. The summed E-state index contributed by atoms with van der Waals surface area (Å²) in [4.78, 5) is 98.0. The van der Waals surface area contributed by atoms with Crippen molar-refractivity contribution in [3.63, 3.8) is 0 Å². The van der Waals surface area contributed by atoms with Crippen LogP contribution in [0.25, 0.3) is 0 Å². The first kappa shape index (κ1) is 53.4. The molecule has 1 aliphatic heterocycles. The summed E-state index contributed by atoms with van der Waals surface area (Å²) < 4.78 is 44.9. The summed E-state index contributed by atoms with van der Waals surface area (Å²) in [6.07, 6.45) is -14.0. The third-order valence-electron chi connectivity index (χ3n) is 13.4. The normalized spacial score (nSPS) is 30.2. The SMILES string of the molecule is CC(=O)O[C@H]1C(=O)[C@]2(C)[C@@H](OC(=O)OCC(Cl)(Cl)Cl)C[C@H]3OC[C@@]3(OC(C)=O)[C@H]2[C@H](OC(=O)c2ccccc2)[C@]2(O)C[C@H](OC(=O)[C@@H](O)[C@H](NC(=O)OC(C)(C)C)c3ccccc3)C(C)=C1C2(C)C. The van der Waals surface area contributed by atoms with Crippen molar-refractivity contribution in [2.24, 2.45) is 16.7 Å². The highest BCUT2D eigenvalue weighted by molar-refractivity contribution is 6.67. The molecule has 1 amide bonds. The molecule has 2 aromatic rings. The lowest BCUT2D eigenvalue weighted by Crippen LogP contribution is -2.82. The van der Waals surface area contributed by atoms with E-state index in [0.29, 0.717) is 0 Å². The van der Waals surface area contributed by atoms with E-state index in [9.17, 15) is 39.0 Å². The van der Waals surface area contributed by atoms with E-state index in [4.69, 9.17) is 72.7 Å². The maximum Gasteiger partial charge on any atom is 0.508 e. The van der Waals surface area contributed by atoms with E-state index in [0.717, 1.165) is 13.8 Å². The fourth-order valence-corrected chi connectivity index (χ4v) is 10.4. The van der Waals surface area contributed by atoms with Crippen LogP contribution in [0.3, 0.4) is 0 Å². The van der Waals surface area contributed by atoms with Gasteiger partial charge >= 0.3 is 36.1 Å². The number of amides is 1. The molecule has 2 aromatic carbocycles. The van der Waals surface area contributed by atoms with Crippen molar-refractivity contribution in [3.8, 4) is 0 Å². The van der Waals surface area contributed by atoms with Gasteiger partial charge in [-0.05, 0) is 63.5 Å². The van der Waals surface area contributed by atoms with Gasteiger partial charge in [0.15, 0.2) is 23.6 Å². The van der Waals surface area contributed by atoms with Crippen LogP contribution < -0.4 is 5.32 Å². The largest absolute Gasteiger partial charge is 0.508 e. The Labute approximate surface area is 413 Å². The van der Waals surface area contributed by atoms with Crippen LogP contribution in [-0.4, -0.2) is 123 Å². The van der Waals surface area contributed by atoms with Crippen molar-refractivity contribution >= 4 is 76.7 Å². The Hall–Kier alpha value is -4.98. The van der Waals surface area contributed by atoms with Gasteiger partial charge < -0.3 is 53.4 Å². The number of hydrogen-bond acceptors (Lipinski definition) is 17. The quantitative estimate of drug-likeness (QED) is 0.0959. The van der Waals surface area contributed by atoms with E-state index in [1.807, 2.05) is 0 Å². The van der Waals surface area contributed by atoms with Crippen molar-refractivity contribution in [1.29, 1.82) is 0 Å². The molecule has 11 atom stereocenters. The number of hydrogen-bond donors (Lipinski definition) is 3. The molecular weight excluding hydrogens is 969 g/mol. The van der Waals surface area contributed by atoms with Gasteiger partial charge in [0.1, 0.15) is 42.2 Å². The Bertz CT molecular complexity index is 2370. The maximum atomic E-state index is 16.0. The molecule has 0 unspecified atom stereocenters. The average Bonchev–Trinajstić information content (AvgIpc) is 3.24. The summed E-state index contributed by atoms with van der Waals surface area (Å²) >= 11 is 17.6. The minimum Gasteiger partial charge on any atom is -0.456 e. The molecule has 6 rings (SSSR count). The number of alkyl halides is 3. The summed E-state index contributed by atoms with van der Waals surface area (Å²) in [5.41, 5.74) is -9.25.